The van der Waals surface area contributed by atoms with Gasteiger partial charge in [0, 0.05) is 31.4 Å². The molecule has 0 unspecified atom stereocenters. The van der Waals surface area contributed by atoms with Crippen LogP contribution in [0.15, 0.2) is 48.7 Å². The van der Waals surface area contributed by atoms with Gasteiger partial charge in [-0.3, -0.25) is 4.79 Å². The summed E-state index contributed by atoms with van der Waals surface area (Å²) in [6.45, 7) is 3.96. The second kappa shape index (κ2) is 9.30. The lowest BCUT2D eigenvalue weighted by Gasteiger charge is -2.26. The lowest BCUT2D eigenvalue weighted by Crippen LogP contribution is -2.31. The van der Waals surface area contributed by atoms with Crippen molar-refractivity contribution in [3.8, 4) is 0 Å². The number of aryl methyl sites for hydroxylation is 1. The summed E-state index contributed by atoms with van der Waals surface area (Å²) >= 11 is 0. The third-order valence-corrected chi connectivity index (χ3v) is 4.92. The molecule has 1 aliphatic rings. The fraction of sp³-hybridized carbons (Fsp3) is 0.318. The Bertz CT molecular complexity index is 986. The zero-order valence-electron chi connectivity index (χ0n) is 17.0. The third kappa shape index (κ3) is 4.89. The van der Waals surface area contributed by atoms with E-state index in [1.807, 2.05) is 37.3 Å². The summed E-state index contributed by atoms with van der Waals surface area (Å²) < 4.78 is 0. The van der Waals surface area contributed by atoms with E-state index in [1.165, 1.54) is 12.6 Å². The lowest BCUT2D eigenvalue weighted by atomic mass is 10.1. The molecule has 1 fully saturated rings. The van der Waals surface area contributed by atoms with Crippen LogP contribution in [0.2, 0.25) is 0 Å². The summed E-state index contributed by atoms with van der Waals surface area (Å²) in [5, 5.41) is 5.99. The highest BCUT2D eigenvalue weighted by Gasteiger charge is 2.16. The highest BCUT2D eigenvalue weighted by molar-refractivity contribution is 6.04. The minimum Gasteiger partial charge on any atom is -0.341 e. The van der Waals surface area contributed by atoms with E-state index in [9.17, 15) is 4.79 Å². The quantitative estimate of drug-likeness (QED) is 0.646. The van der Waals surface area contributed by atoms with Crippen molar-refractivity contribution in [3.63, 3.8) is 0 Å². The largest absolute Gasteiger partial charge is 0.341 e. The Kier molecular flexibility index (Phi) is 6.12. The van der Waals surface area contributed by atoms with Gasteiger partial charge in [-0.25, -0.2) is 4.98 Å². The minimum atomic E-state index is -0.207. The van der Waals surface area contributed by atoms with Crippen molar-refractivity contribution in [2.45, 2.75) is 32.6 Å². The van der Waals surface area contributed by atoms with E-state index >= 15 is 0 Å². The van der Waals surface area contributed by atoms with Crippen LogP contribution in [-0.4, -0.2) is 38.9 Å². The topological polar surface area (TPSA) is 95.9 Å². The van der Waals surface area contributed by atoms with Gasteiger partial charge in [-0.05, 0) is 43.5 Å². The molecule has 1 amide bonds. The normalized spacial score (nSPS) is 13.7. The predicted molar refractivity (Wildman–Crippen MR) is 117 cm³/mol. The smallest absolute Gasteiger partial charge is 0.257 e. The molecule has 3 heterocycles. The molecule has 0 aliphatic carbocycles. The molecule has 0 spiro atoms. The number of pyridine rings is 1. The van der Waals surface area contributed by atoms with Crippen molar-refractivity contribution in [3.05, 3.63) is 60.0 Å². The van der Waals surface area contributed by atoms with Crippen LogP contribution in [0, 0.1) is 0 Å². The van der Waals surface area contributed by atoms with Gasteiger partial charge in [0.1, 0.15) is 11.6 Å². The van der Waals surface area contributed by atoms with Crippen molar-refractivity contribution in [2.24, 2.45) is 0 Å². The fourth-order valence-electron chi connectivity index (χ4n) is 3.30. The maximum atomic E-state index is 12.4. The van der Waals surface area contributed by atoms with Gasteiger partial charge < -0.3 is 15.5 Å². The van der Waals surface area contributed by atoms with E-state index in [-0.39, 0.29) is 5.91 Å². The molecule has 4 rings (SSSR count). The number of para-hydroxylation sites is 1. The number of nitrogens with one attached hydrogen (secondary N) is 2. The summed E-state index contributed by atoms with van der Waals surface area (Å²) in [5.74, 6) is 2.29. The van der Waals surface area contributed by atoms with Crippen LogP contribution in [0.25, 0.3) is 0 Å². The Morgan fingerprint density at radius 3 is 2.50 bits per heavy atom. The Morgan fingerprint density at radius 2 is 1.80 bits per heavy atom. The van der Waals surface area contributed by atoms with Gasteiger partial charge >= 0.3 is 0 Å². The first-order chi connectivity index (χ1) is 14.7. The van der Waals surface area contributed by atoms with Crippen LogP contribution in [0.1, 0.15) is 42.4 Å². The van der Waals surface area contributed by atoms with E-state index in [0.29, 0.717) is 23.3 Å². The van der Waals surface area contributed by atoms with E-state index in [1.54, 1.807) is 12.1 Å². The first-order valence-electron chi connectivity index (χ1n) is 10.3. The molecule has 0 bridgehead atoms. The van der Waals surface area contributed by atoms with Crippen LogP contribution in [-0.2, 0) is 6.42 Å². The number of nitrogens with zero attached hydrogens (tertiary/aromatic N) is 5. The monoisotopic (exact) mass is 403 g/mol. The molecule has 1 aromatic carbocycles. The van der Waals surface area contributed by atoms with Crippen LogP contribution >= 0.6 is 0 Å². The molecule has 30 heavy (non-hydrogen) atoms. The highest BCUT2D eigenvalue weighted by atomic mass is 16.1. The van der Waals surface area contributed by atoms with Crippen LogP contribution < -0.4 is 15.5 Å². The van der Waals surface area contributed by atoms with E-state index in [0.717, 1.165) is 43.9 Å². The number of rotatable bonds is 6. The van der Waals surface area contributed by atoms with Gasteiger partial charge in [-0.15, -0.1) is 0 Å². The molecule has 1 saturated heterocycles. The number of anilines is 4. The predicted octanol–water partition coefficient (Wildman–Crippen LogP) is 3.82. The number of piperidine rings is 1. The van der Waals surface area contributed by atoms with Crippen molar-refractivity contribution < 1.29 is 4.79 Å². The average Bonchev–Trinajstić information content (AvgIpc) is 2.80. The fourth-order valence-corrected chi connectivity index (χ4v) is 3.30. The second-order valence-corrected chi connectivity index (χ2v) is 7.15. The first-order valence-corrected chi connectivity index (χ1v) is 10.3. The summed E-state index contributed by atoms with van der Waals surface area (Å²) in [6.07, 6.45) is 5.83. The number of carbonyl (C=O) groups excluding carboxylic acids is 1. The van der Waals surface area contributed by atoms with Gasteiger partial charge in [-0.2, -0.15) is 15.0 Å². The molecule has 0 saturated carbocycles. The number of benzene rings is 1. The molecular formula is C22H25N7O. The Morgan fingerprint density at radius 1 is 1.00 bits per heavy atom. The van der Waals surface area contributed by atoms with Gasteiger partial charge in [0.15, 0.2) is 0 Å². The number of hydrogen-bond donors (Lipinski definition) is 2. The Hall–Kier alpha value is -3.55. The molecule has 2 aromatic heterocycles. The SMILES string of the molecule is CCc1nc(Nc2ccc(C(=O)Nc3ccccc3)cn2)nc(N2CCCCC2)n1. The van der Waals surface area contributed by atoms with Gasteiger partial charge in [-0.1, -0.05) is 25.1 Å². The van der Waals surface area contributed by atoms with Gasteiger partial charge in [0.2, 0.25) is 11.9 Å². The molecule has 1 aliphatic heterocycles. The molecule has 8 heteroatoms. The van der Waals surface area contributed by atoms with Crippen molar-refractivity contribution in [2.75, 3.05) is 28.6 Å². The molecule has 0 atom stereocenters. The molecule has 154 valence electrons. The molecule has 3 aromatic rings. The maximum absolute atomic E-state index is 12.4. The summed E-state index contributed by atoms with van der Waals surface area (Å²) in [5.41, 5.74) is 1.22. The Labute approximate surface area is 175 Å². The van der Waals surface area contributed by atoms with Crippen molar-refractivity contribution >= 4 is 29.3 Å². The third-order valence-electron chi connectivity index (χ3n) is 4.92. The lowest BCUT2D eigenvalue weighted by molar-refractivity contribution is 0.102. The molecular weight excluding hydrogens is 378 g/mol. The Balaban J connectivity index is 1.46. The number of hydrogen-bond acceptors (Lipinski definition) is 7. The zero-order chi connectivity index (χ0) is 20.8. The number of amides is 1. The molecule has 0 radical (unpaired) electrons. The number of aromatic nitrogens is 4. The summed E-state index contributed by atoms with van der Waals surface area (Å²) in [6, 6.07) is 12.8. The van der Waals surface area contributed by atoms with Crippen molar-refractivity contribution in [1.82, 2.24) is 19.9 Å². The minimum absolute atomic E-state index is 0.207. The van der Waals surface area contributed by atoms with Crippen LogP contribution in [0.3, 0.4) is 0 Å². The maximum Gasteiger partial charge on any atom is 0.257 e. The summed E-state index contributed by atoms with van der Waals surface area (Å²) in [7, 11) is 0. The van der Waals surface area contributed by atoms with E-state index in [4.69, 9.17) is 0 Å². The highest BCUT2D eigenvalue weighted by Crippen LogP contribution is 2.19. The first kappa shape index (κ1) is 19.8. The van der Waals surface area contributed by atoms with E-state index < -0.39 is 0 Å². The average molecular weight is 403 g/mol. The molecule has 2 N–H and O–H groups in total. The standard InChI is InChI=1S/C22H25N7O/c1-2-18-25-21(28-22(27-18)29-13-7-4-8-14-29)26-19-12-11-16(15-23-19)20(30)24-17-9-5-3-6-10-17/h3,5-6,9-12,15H,2,4,7-8,13-14H2,1H3,(H,24,30)(H,23,25,26,27,28). The second-order valence-electron chi connectivity index (χ2n) is 7.15. The van der Waals surface area contributed by atoms with Crippen LogP contribution in [0.4, 0.5) is 23.4 Å². The van der Waals surface area contributed by atoms with E-state index in [2.05, 4.69) is 35.5 Å². The number of carbonyl (C=O) groups is 1. The van der Waals surface area contributed by atoms with Gasteiger partial charge in [0.05, 0.1) is 5.56 Å². The summed E-state index contributed by atoms with van der Waals surface area (Å²) in [4.78, 5) is 32.6. The van der Waals surface area contributed by atoms with Gasteiger partial charge in [0.25, 0.3) is 5.91 Å². The van der Waals surface area contributed by atoms with Crippen molar-refractivity contribution in [1.29, 1.82) is 0 Å². The molecule has 8 nitrogen and oxygen atoms in total. The zero-order valence-corrected chi connectivity index (χ0v) is 17.0. The van der Waals surface area contributed by atoms with Crippen LogP contribution in [0.5, 0.6) is 0 Å².